The van der Waals surface area contributed by atoms with Gasteiger partial charge in [-0.3, -0.25) is 9.36 Å². The average Bonchev–Trinajstić information content (AvgIpc) is 3.15. The summed E-state index contributed by atoms with van der Waals surface area (Å²) in [5.74, 6) is 1.77. The van der Waals surface area contributed by atoms with Crippen LogP contribution in [-0.2, 0) is 5.75 Å². The van der Waals surface area contributed by atoms with Gasteiger partial charge in [0.25, 0.3) is 5.56 Å². The van der Waals surface area contributed by atoms with E-state index in [0.717, 1.165) is 11.3 Å². The van der Waals surface area contributed by atoms with Crippen molar-refractivity contribution in [3.63, 3.8) is 0 Å². The summed E-state index contributed by atoms with van der Waals surface area (Å²) in [7, 11) is 0. The molecule has 142 valence electrons. The van der Waals surface area contributed by atoms with Crippen molar-refractivity contribution in [2.75, 3.05) is 0 Å². The predicted octanol–water partition coefficient (Wildman–Crippen LogP) is 5.58. The number of fused-ring (bicyclic) bond motifs is 1. The molecule has 0 saturated heterocycles. The van der Waals surface area contributed by atoms with E-state index in [1.807, 2.05) is 44.2 Å². The van der Waals surface area contributed by atoms with Crippen LogP contribution < -0.4 is 5.56 Å². The molecule has 0 aliphatic heterocycles. The molecule has 0 amide bonds. The third kappa shape index (κ3) is 3.70. The first-order valence-corrected chi connectivity index (χ1v) is 10.2. The first-order valence-electron chi connectivity index (χ1n) is 8.87. The van der Waals surface area contributed by atoms with Crippen molar-refractivity contribution in [1.29, 1.82) is 0 Å². The summed E-state index contributed by atoms with van der Waals surface area (Å²) < 4.78 is 7.56. The molecule has 0 radical (unpaired) electrons. The molecule has 0 bridgehead atoms. The monoisotopic (exact) mass is 411 g/mol. The lowest BCUT2D eigenvalue weighted by Gasteiger charge is -2.15. The Morgan fingerprint density at radius 2 is 1.96 bits per heavy atom. The van der Waals surface area contributed by atoms with Gasteiger partial charge in [-0.1, -0.05) is 53.7 Å². The number of oxazole rings is 1. The van der Waals surface area contributed by atoms with E-state index in [-0.39, 0.29) is 11.6 Å². The summed E-state index contributed by atoms with van der Waals surface area (Å²) in [6, 6.07) is 14.9. The fourth-order valence-corrected chi connectivity index (χ4v) is 4.10. The molecule has 0 fully saturated rings. The topological polar surface area (TPSA) is 60.9 Å². The number of benzene rings is 2. The smallest absolute Gasteiger partial charge is 0.262 e. The Hall–Kier alpha value is -2.57. The summed E-state index contributed by atoms with van der Waals surface area (Å²) in [6.07, 6.45) is 1.72. The SMILES string of the molecule is CC(C)n1c(SCc2ncc(-c3ccccc3)o2)nc2cc(Cl)ccc2c1=O. The molecule has 0 spiro atoms. The molecule has 4 rings (SSSR count). The van der Waals surface area contributed by atoms with Crippen LogP contribution >= 0.6 is 23.4 Å². The molecule has 2 aromatic heterocycles. The maximum absolute atomic E-state index is 12.9. The van der Waals surface area contributed by atoms with Crippen LogP contribution in [0.5, 0.6) is 0 Å². The number of halogens is 1. The van der Waals surface area contributed by atoms with Crippen LogP contribution in [0, 0.1) is 0 Å². The second-order valence-electron chi connectivity index (χ2n) is 6.60. The number of thioether (sulfide) groups is 1. The highest BCUT2D eigenvalue weighted by molar-refractivity contribution is 7.98. The second-order valence-corrected chi connectivity index (χ2v) is 7.98. The van der Waals surface area contributed by atoms with Gasteiger partial charge in [0.2, 0.25) is 5.89 Å². The Morgan fingerprint density at radius 1 is 1.18 bits per heavy atom. The summed E-state index contributed by atoms with van der Waals surface area (Å²) >= 11 is 7.50. The number of hydrogen-bond donors (Lipinski definition) is 0. The third-order valence-electron chi connectivity index (χ3n) is 4.28. The Bertz CT molecular complexity index is 1190. The van der Waals surface area contributed by atoms with Gasteiger partial charge in [-0.2, -0.15) is 0 Å². The van der Waals surface area contributed by atoms with Crippen molar-refractivity contribution in [2.45, 2.75) is 30.8 Å². The Balaban J connectivity index is 1.65. The molecule has 0 saturated carbocycles. The maximum Gasteiger partial charge on any atom is 0.262 e. The van der Waals surface area contributed by atoms with Crippen LogP contribution in [0.25, 0.3) is 22.2 Å². The fraction of sp³-hybridized carbons (Fsp3) is 0.190. The molecule has 0 atom stereocenters. The van der Waals surface area contributed by atoms with Gasteiger partial charge < -0.3 is 4.42 Å². The summed E-state index contributed by atoms with van der Waals surface area (Å²) in [5, 5.41) is 1.73. The quantitative estimate of drug-likeness (QED) is 0.317. The minimum Gasteiger partial charge on any atom is -0.440 e. The van der Waals surface area contributed by atoms with Crippen molar-refractivity contribution in [3.8, 4) is 11.3 Å². The molecule has 2 aromatic carbocycles. The van der Waals surface area contributed by atoms with Crippen molar-refractivity contribution in [3.05, 3.63) is 76.0 Å². The highest BCUT2D eigenvalue weighted by Crippen LogP contribution is 2.27. The lowest BCUT2D eigenvalue weighted by atomic mass is 10.2. The lowest BCUT2D eigenvalue weighted by Crippen LogP contribution is -2.25. The van der Waals surface area contributed by atoms with Crippen LogP contribution in [0.1, 0.15) is 25.8 Å². The highest BCUT2D eigenvalue weighted by Gasteiger charge is 2.16. The maximum atomic E-state index is 12.9. The molecule has 0 unspecified atom stereocenters. The van der Waals surface area contributed by atoms with Crippen LogP contribution in [0.2, 0.25) is 5.02 Å². The molecule has 0 aliphatic carbocycles. The largest absolute Gasteiger partial charge is 0.440 e. The zero-order valence-corrected chi connectivity index (χ0v) is 17.0. The van der Waals surface area contributed by atoms with Gasteiger partial charge in [0, 0.05) is 16.6 Å². The Labute approximate surface area is 171 Å². The van der Waals surface area contributed by atoms with Crippen molar-refractivity contribution < 1.29 is 4.42 Å². The van der Waals surface area contributed by atoms with E-state index in [4.69, 9.17) is 16.0 Å². The van der Waals surface area contributed by atoms with Crippen molar-refractivity contribution >= 4 is 34.3 Å². The Kier molecular flexibility index (Phi) is 5.24. The summed E-state index contributed by atoms with van der Waals surface area (Å²) in [6.45, 7) is 3.93. The molecule has 7 heteroatoms. The van der Waals surface area contributed by atoms with Gasteiger partial charge in [0.1, 0.15) is 0 Å². The first-order chi connectivity index (χ1) is 13.5. The first kappa shape index (κ1) is 18.8. The predicted molar refractivity (Wildman–Crippen MR) is 113 cm³/mol. The third-order valence-corrected chi connectivity index (χ3v) is 5.46. The summed E-state index contributed by atoms with van der Waals surface area (Å²) in [5.41, 5.74) is 1.50. The summed E-state index contributed by atoms with van der Waals surface area (Å²) in [4.78, 5) is 22.0. The molecular weight excluding hydrogens is 394 g/mol. The van der Waals surface area contributed by atoms with E-state index < -0.39 is 0 Å². The van der Waals surface area contributed by atoms with Crippen LogP contribution in [0.3, 0.4) is 0 Å². The molecule has 28 heavy (non-hydrogen) atoms. The van der Waals surface area contributed by atoms with Crippen molar-refractivity contribution in [1.82, 2.24) is 14.5 Å². The van der Waals surface area contributed by atoms with E-state index in [0.29, 0.717) is 32.7 Å². The van der Waals surface area contributed by atoms with Gasteiger partial charge in [-0.05, 0) is 32.0 Å². The van der Waals surface area contributed by atoms with E-state index in [9.17, 15) is 4.79 Å². The zero-order chi connectivity index (χ0) is 19.7. The molecule has 4 aromatic rings. The molecular formula is C21H18ClN3O2S. The van der Waals surface area contributed by atoms with E-state index in [1.54, 1.807) is 29.0 Å². The lowest BCUT2D eigenvalue weighted by molar-refractivity contribution is 0.514. The molecule has 2 heterocycles. The highest BCUT2D eigenvalue weighted by atomic mass is 35.5. The van der Waals surface area contributed by atoms with Gasteiger partial charge in [0.05, 0.1) is 22.9 Å². The molecule has 0 aliphatic rings. The van der Waals surface area contributed by atoms with E-state index in [1.165, 1.54) is 11.8 Å². The number of aromatic nitrogens is 3. The van der Waals surface area contributed by atoms with Crippen LogP contribution in [0.4, 0.5) is 0 Å². The minimum atomic E-state index is -0.0726. The Morgan fingerprint density at radius 3 is 2.71 bits per heavy atom. The minimum absolute atomic E-state index is 0.0213. The van der Waals surface area contributed by atoms with Gasteiger partial charge in [-0.25, -0.2) is 9.97 Å². The molecule has 5 nitrogen and oxygen atoms in total. The van der Waals surface area contributed by atoms with E-state index in [2.05, 4.69) is 9.97 Å². The fourth-order valence-electron chi connectivity index (χ4n) is 2.95. The molecule has 0 N–H and O–H groups in total. The van der Waals surface area contributed by atoms with Crippen LogP contribution in [-0.4, -0.2) is 14.5 Å². The number of nitrogens with zero attached hydrogens (tertiary/aromatic N) is 3. The van der Waals surface area contributed by atoms with Gasteiger partial charge in [-0.15, -0.1) is 0 Å². The van der Waals surface area contributed by atoms with E-state index >= 15 is 0 Å². The zero-order valence-electron chi connectivity index (χ0n) is 15.4. The normalized spacial score (nSPS) is 11.4. The van der Waals surface area contributed by atoms with Gasteiger partial charge in [0.15, 0.2) is 10.9 Å². The van der Waals surface area contributed by atoms with Gasteiger partial charge >= 0.3 is 0 Å². The number of hydrogen-bond acceptors (Lipinski definition) is 5. The second kappa shape index (κ2) is 7.81. The van der Waals surface area contributed by atoms with Crippen LogP contribution in [0.15, 0.2) is 69.1 Å². The van der Waals surface area contributed by atoms with Crippen molar-refractivity contribution in [2.24, 2.45) is 0 Å². The average molecular weight is 412 g/mol. The number of rotatable bonds is 5. The standard InChI is InChI=1S/C21H18ClN3O2S/c1-13(2)25-20(26)16-9-8-15(22)10-17(16)24-21(25)28-12-19-23-11-18(27-19)14-6-4-3-5-7-14/h3-11,13H,12H2,1-2H3.